The van der Waals surface area contributed by atoms with Crippen LogP contribution in [0.5, 0.6) is 0 Å². The fourth-order valence-corrected chi connectivity index (χ4v) is 8.07. The first-order valence-corrected chi connectivity index (χ1v) is 31.2. The molecular formula is C66H105O11P. The summed E-state index contributed by atoms with van der Waals surface area (Å²) in [6.07, 6.45) is 75.3. The average Bonchev–Trinajstić information content (AvgIpc) is 3.43. The van der Waals surface area contributed by atoms with Crippen LogP contribution < -0.4 is 0 Å². The Kier molecular flexibility index (Phi) is 55.0. The van der Waals surface area contributed by atoms with Gasteiger partial charge in [-0.05, 0) is 128 Å². The van der Waals surface area contributed by atoms with Crippen LogP contribution >= 0.6 is 7.82 Å². The number of phosphoric ester groups is 1. The molecule has 0 aromatic rings. The number of rotatable bonds is 53. The monoisotopic (exact) mass is 1100 g/mol. The molecule has 2 N–H and O–H groups in total. The first-order chi connectivity index (χ1) is 38.2. The van der Waals surface area contributed by atoms with Crippen molar-refractivity contribution < 1.29 is 52.2 Å². The third-order valence-electron chi connectivity index (χ3n) is 11.7. The Labute approximate surface area is 473 Å². The summed E-state index contributed by atoms with van der Waals surface area (Å²) in [7, 11) is -4.79. The Bertz CT molecular complexity index is 1860. The number of hydrogen-bond acceptors (Lipinski definition) is 10. The van der Waals surface area contributed by atoms with Gasteiger partial charge in [0.1, 0.15) is 12.7 Å². The average molecular weight is 1110 g/mol. The second-order valence-electron chi connectivity index (χ2n) is 19.0. The van der Waals surface area contributed by atoms with Gasteiger partial charge < -0.3 is 24.2 Å². The van der Waals surface area contributed by atoms with E-state index in [4.69, 9.17) is 23.3 Å². The summed E-state index contributed by atoms with van der Waals surface area (Å²) in [5, 5.41) is 9.83. The fraction of sp³-hybridized carbons (Fsp3) is 0.591. The number of carbonyl (C=O) groups excluding carboxylic acids is 3. The molecule has 0 fully saturated rings. The molecule has 3 unspecified atom stereocenters. The van der Waals surface area contributed by atoms with Gasteiger partial charge in [0.25, 0.3) is 0 Å². The first kappa shape index (κ1) is 73.4. The molecule has 0 aliphatic carbocycles. The van der Waals surface area contributed by atoms with Crippen LogP contribution in [0.3, 0.4) is 0 Å². The van der Waals surface area contributed by atoms with Crippen molar-refractivity contribution in [2.45, 2.75) is 226 Å². The molecule has 11 nitrogen and oxygen atoms in total. The van der Waals surface area contributed by atoms with E-state index in [9.17, 15) is 28.9 Å². The lowest BCUT2D eigenvalue weighted by Crippen LogP contribution is -2.30. The molecule has 440 valence electrons. The molecule has 78 heavy (non-hydrogen) atoms. The molecule has 12 heteroatoms. The SMILES string of the molecule is CC/C=C\C/C=C\C/C=C\C/C=C\C/C=C\C/C=C\CCC(=O)OC(COC(=O)CCCCCCC/C=C\CCCCCC)COP(=O)(O)OCC(CO)OC(=O)CCCCC/C=C\C/C=C\C/C=C\C/C=C\C/C=C\CC. The number of ether oxygens (including phenoxy) is 3. The largest absolute Gasteiger partial charge is 0.472 e. The van der Waals surface area contributed by atoms with Gasteiger partial charge in [0.05, 0.1) is 19.8 Å². The third kappa shape index (κ3) is 56.1. The van der Waals surface area contributed by atoms with Gasteiger partial charge >= 0.3 is 25.7 Å². The Morgan fingerprint density at radius 1 is 0.372 bits per heavy atom. The predicted molar refractivity (Wildman–Crippen MR) is 325 cm³/mol. The van der Waals surface area contributed by atoms with E-state index in [1.165, 1.54) is 25.7 Å². The number of phosphoric acid groups is 1. The van der Waals surface area contributed by atoms with E-state index in [1.807, 2.05) is 12.2 Å². The molecule has 0 heterocycles. The van der Waals surface area contributed by atoms with Crippen LogP contribution in [0.1, 0.15) is 213 Å². The van der Waals surface area contributed by atoms with Crippen LogP contribution in [0.4, 0.5) is 0 Å². The molecule has 0 aliphatic rings. The normalized spacial score (nSPS) is 14.4. The number of carbonyl (C=O) groups is 3. The van der Waals surface area contributed by atoms with Crippen molar-refractivity contribution >= 4 is 25.7 Å². The molecule has 0 aromatic carbocycles. The van der Waals surface area contributed by atoms with E-state index in [-0.39, 0.29) is 25.9 Å². The van der Waals surface area contributed by atoms with Gasteiger partial charge in [-0.1, -0.05) is 212 Å². The summed E-state index contributed by atoms with van der Waals surface area (Å²) in [5.41, 5.74) is 0. The Morgan fingerprint density at radius 3 is 1.13 bits per heavy atom. The van der Waals surface area contributed by atoms with Gasteiger partial charge in [0, 0.05) is 19.3 Å². The first-order valence-electron chi connectivity index (χ1n) is 29.7. The molecule has 0 rings (SSSR count). The molecule has 0 saturated carbocycles. The van der Waals surface area contributed by atoms with E-state index >= 15 is 0 Å². The molecule has 3 atom stereocenters. The summed E-state index contributed by atoms with van der Waals surface area (Å²) in [5.74, 6) is -1.63. The lowest BCUT2D eigenvalue weighted by atomic mass is 10.1. The second-order valence-corrected chi connectivity index (χ2v) is 20.5. The minimum Gasteiger partial charge on any atom is -0.462 e. The van der Waals surface area contributed by atoms with Gasteiger partial charge in [-0.3, -0.25) is 23.4 Å². The number of aliphatic hydroxyl groups is 1. The summed E-state index contributed by atoms with van der Waals surface area (Å²) < 4.78 is 39.4. The number of hydrogen-bond donors (Lipinski definition) is 2. The third-order valence-corrected chi connectivity index (χ3v) is 12.7. The Hall–Kier alpha value is -4.64. The number of esters is 3. The van der Waals surface area contributed by atoms with Crippen molar-refractivity contribution in [3.63, 3.8) is 0 Å². The molecule has 0 saturated heterocycles. The summed E-state index contributed by atoms with van der Waals surface area (Å²) in [6.45, 7) is 4.25. The maximum atomic E-state index is 12.9. The zero-order chi connectivity index (χ0) is 56.9. The summed E-state index contributed by atoms with van der Waals surface area (Å²) in [4.78, 5) is 48.6. The molecule has 0 aliphatic heterocycles. The Morgan fingerprint density at radius 2 is 0.692 bits per heavy atom. The van der Waals surface area contributed by atoms with Gasteiger partial charge in [-0.25, -0.2) is 4.57 Å². The molecule has 0 aromatic heterocycles. The quantitative estimate of drug-likeness (QED) is 0.0197. The molecule has 0 radical (unpaired) electrons. The second kappa shape index (κ2) is 58.5. The van der Waals surface area contributed by atoms with Crippen molar-refractivity contribution in [2.75, 3.05) is 26.4 Å². The fourth-order valence-electron chi connectivity index (χ4n) is 7.28. The zero-order valence-corrected chi connectivity index (χ0v) is 49.5. The number of allylic oxidation sites excluding steroid dienone is 24. The highest BCUT2D eigenvalue weighted by atomic mass is 31.2. The summed E-state index contributed by atoms with van der Waals surface area (Å²) in [6, 6.07) is 0. The predicted octanol–water partition coefficient (Wildman–Crippen LogP) is 17.9. The van der Waals surface area contributed by atoms with Crippen LogP contribution in [-0.2, 0) is 42.2 Å². The van der Waals surface area contributed by atoms with E-state index in [1.54, 1.807) is 0 Å². The maximum absolute atomic E-state index is 12.9. The minimum atomic E-state index is -4.79. The Balaban J connectivity index is 4.86. The van der Waals surface area contributed by atoms with Crippen molar-refractivity contribution in [3.8, 4) is 0 Å². The lowest BCUT2D eigenvalue weighted by Gasteiger charge is -2.21. The van der Waals surface area contributed by atoms with E-state index in [0.717, 1.165) is 122 Å². The number of aliphatic hydroxyl groups excluding tert-OH is 1. The van der Waals surface area contributed by atoms with E-state index in [0.29, 0.717) is 25.7 Å². The van der Waals surface area contributed by atoms with Crippen molar-refractivity contribution in [1.29, 1.82) is 0 Å². The van der Waals surface area contributed by atoms with Gasteiger partial charge in [0.2, 0.25) is 0 Å². The van der Waals surface area contributed by atoms with Gasteiger partial charge in [0.15, 0.2) is 6.10 Å². The molecule has 0 amide bonds. The maximum Gasteiger partial charge on any atom is 0.472 e. The highest BCUT2D eigenvalue weighted by molar-refractivity contribution is 7.47. The highest BCUT2D eigenvalue weighted by Gasteiger charge is 2.28. The topological polar surface area (TPSA) is 155 Å². The molecular weight excluding hydrogens is 1000 g/mol. The minimum absolute atomic E-state index is 0.0303. The number of unbranched alkanes of at least 4 members (excludes halogenated alkanes) is 12. The lowest BCUT2D eigenvalue weighted by molar-refractivity contribution is -0.161. The van der Waals surface area contributed by atoms with E-state index < -0.39 is 57.8 Å². The van der Waals surface area contributed by atoms with Crippen LogP contribution in [0, 0.1) is 0 Å². The smallest absolute Gasteiger partial charge is 0.462 e. The standard InChI is InChI=1S/C66H105O11P/c1-4-7-10-13-16-19-22-25-27-29-31-33-35-38-41-44-47-50-53-56-65(69)76-62(58-67)60-74-78(71,72)75-61-63(59-73-64(68)55-52-49-46-43-40-37-24-21-18-15-12-9-6-3)77-66(70)57-54-51-48-45-42-39-36-34-32-30-28-26-23-20-17-14-11-8-5-2/h7-8,10-11,16-17,19-21,24-28,31-34,38-39,41-42,48,51,62-63,67H,4-6,9,12-15,18,22-23,29-30,35-37,40,43-47,49-50,52-61H2,1-3H3,(H,71,72)/b10-7-,11-8-,19-16-,20-17-,24-21-,27-25-,28-26-,33-31-,34-32-,41-38-,42-39-,51-48-. The highest BCUT2D eigenvalue weighted by Crippen LogP contribution is 2.43. The zero-order valence-electron chi connectivity index (χ0n) is 48.6. The summed E-state index contributed by atoms with van der Waals surface area (Å²) >= 11 is 0. The van der Waals surface area contributed by atoms with Gasteiger partial charge in [-0.15, -0.1) is 0 Å². The van der Waals surface area contributed by atoms with Crippen LogP contribution in [0.25, 0.3) is 0 Å². The van der Waals surface area contributed by atoms with Crippen molar-refractivity contribution in [3.05, 3.63) is 146 Å². The van der Waals surface area contributed by atoms with E-state index in [2.05, 4.69) is 154 Å². The molecule has 0 bridgehead atoms. The molecule has 0 spiro atoms. The van der Waals surface area contributed by atoms with Crippen molar-refractivity contribution in [2.24, 2.45) is 0 Å². The van der Waals surface area contributed by atoms with Gasteiger partial charge in [-0.2, -0.15) is 0 Å². The van der Waals surface area contributed by atoms with Crippen LogP contribution in [0.2, 0.25) is 0 Å². The van der Waals surface area contributed by atoms with Crippen molar-refractivity contribution in [1.82, 2.24) is 0 Å². The van der Waals surface area contributed by atoms with Crippen LogP contribution in [0.15, 0.2) is 146 Å². The van der Waals surface area contributed by atoms with Crippen LogP contribution in [-0.4, -0.2) is 66.5 Å².